The Morgan fingerprint density at radius 1 is 1.29 bits per heavy atom. The Labute approximate surface area is 172 Å². The number of imidazole rings is 1. The van der Waals surface area contributed by atoms with Crippen LogP contribution in [0.15, 0.2) is 24.3 Å². The molecule has 2 aromatic rings. The van der Waals surface area contributed by atoms with E-state index >= 15 is 0 Å². The number of aromatic nitrogens is 2. The molecule has 2 N–H and O–H groups in total. The monoisotopic (exact) mass is 406 g/mol. The van der Waals surface area contributed by atoms with Crippen molar-refractivity contribution in [2.45, 2.75) is 64.1 Å². The highest BCUT2D eigenvalue weighted by Crippen LogP contribution is 2.33. The summed E-state index contributed by atoms with van der Waals surface area (Å²) in [5.41, 5.74) is 1.98. The van der Waals surface area contributed by atoms with Crippen LogP contribution < -0.4 is 10.6 Å². The zero-order valence-corrected chi connectivity index (χ0v) is 17.3. The fraction of sp³-hybridized carbons (Fsp3) is 0.619. The smallest absolute Gasteiger partial charge is 0.226 e. The normalized spacial score (nSPS) is 23.5. The number of benzene rings is 1. The Morgan fingerprint density at radius 2 is 2.04 bits per heavy atom. The van der Waals surface area contributed by atoms with Crippen molar-refractivity contribution in [1.29, 1.82) is 0 Å². The molecule has 2 unspecified atom stereocenters. The number of aryl methyl sites for hydroxylation is 1. The fourth-order valence-electron chi connectivity index (χ4n) is 4.65. The Bertz CT molecular complexity index is 782. The highest BCUT2D eigenvalue weighted by Gasteiger charge is 2.34. The Balaban J connectivity index is 0.00000225. The molecule has 28 heavy (non-hydrogen) atoms. The minimum Gasteiger partial charge on any atom is -0.382 e. The number of para-hydroxylation sites is 2. The molecule has 2 bridgehead atoms. The summed E-state index contributed by atoms with van der Waals surface area (Å²) in [7, 11) is 0. The summed E-state index contributed by atoms with van der Waals surface area (Å²) in [4.78, 5) is 17.4. The third-order valence-electron chi connectivity index (χ3n) is 5.83. The zero-order valence-electron chi connectivity index (χ0n) is 16.5. The van der Waals surface area contributed by atoms with Gasteiger partial charge in [0.1, 0.15) is 0 Å². The topological polar surface area (TPSA) is 68.2 Å². The zero-order chi connectivity index (χ0) is 18.6. The lowest BCUT2D eigenvalue weighted by Gasteiger charge is -2.28. The number of hydrogen-bond acceptors (Lipinski definition) is 4. The van der Waals surface area contributed by atoms with Gasteiger partial charge in [0.15, 0.2) is 0 Å². The fourth-order valence-corrected chi connectivity index (χ4v) is 4.65. The molecule has 0 spiro atoms. The third kappa shape index (κ3) is 4.85. The maximum atomic E-state index is 12.7. The molecule has 3 heterocycles. The van der Waals surface area contributed by atoms with E-state index < -0.39 is 0 Å². The van der Waals surface area contributed by atoms with Gasteiger partial charge in [0.05, 0.1) is 11.0 Å². The first-order chi connectivity index (χ1) is 13.2. The molecular formula is C21H31ClN4O2. The molecule has 2 aliphatic heterocycles. The average Bonchev–Trinajstić information content (AvgIpc) is 3.18. The number of carbonyl (C=O) groups is 1. The van der Waals surface area contributed by atoms with Crippen molar-refractivity contribution in [2.75, 3.05) is 18.5 Å². The molecule has 0 radical (unpaired) electrons. The van der Waals surface area contributed by atoms with Crippen molar-refractivity contribution in [3.05, 3.63) is 24.3 Å². The Kier molecular flexibility index (Phi) is 7.32. The SMILES string of the molecule is CCOCCCn1c(NC(=O)CC2CC3CCC(C2)N3)nc2ccccc21.Cl. The summed E-state index contributed by atoms with van der Waals surface area (Å²) >= 11 is 0. The van der Waals surface area contributed by atoms with E-state index in [1.54, 1.807) is 0 Å². The van der Waals surface area contributed by atoms with Crippen LogP contribution in [0.3, 0.4) is 0 Å². The van der Waals surface area contributed by atoms with E-state index in [0.29, 0.717) is 37.0 Å². The lowest BCUT2D eigenvalue weighted by molar-refractivity contribution is -0.117. The molecule has 1 aromatic carbocycles. The highest BCUT2D eigenvalue weighted by molar-refractivity contribution is 5.91. The van der Waals surface area contributed by atoms with Gasteiger partial charge in [-0.1, -0.05) is 12.1 Å². The van der Waals surface area contributed by atoms with E-state index in [0.717, 1.165) is 43.4 Å². The molecule has 0 aliphatic carbocycles. The molecule has 0 saturated carbocycles. The third-order valence-corrected chi connectivity index (χ3v) is 5.83. The second-order valence-corrected chi connectivity index (χ2v) is 7.85. The minimum atomic E-state index is 0. The molecule has 2 saturated heterocycles. The molecule has 6 nitrogen and oxygen atoms in total. The molecular weight excluding hydrogens is 376 g/mol. The average molecular weight is 407 g/mol. The Hall–Kier alpha value is -1.63. The summed E-state index contributed by atoms with van der Waals surface area (Å²) in [5, 5.41) is 6.73. The number of piperidine rings is 1. The van der Waals surface area contributed by atoms with Crippen LogP contribution in [-0.2, 0) is 16.1 Å². The van der Waals surface area contributed by atoms with Crippen molar-refractivity contribution in [2.24, 2.45) is 5.92 Å². The van der Waals surface area contributed by atoms with E-state index in [2.05, 4.69) is 26.3 Å². The number of amides is 1. The van der Waals surface area contributed by atoms with Crippen LogP contribution in [-0.4, -0.2) is 40.8 Å². The predicted octanol–water partition coefficient (Wildman–Crippen LogP) is 3.74. The molecule has 154 valence electrons. The number of nitrogens with zero attached hydrogens (tertiary/aromatic N) is 2. The quantitative estimate of drug-likeness (QED) is 0.655. The second-order valence-electron chi connectivity index (χ2n) is 7.85. The van der Waals surface area contributed by atoms with Crippen molar-refractivity contribution in [3.8, 4) is 0 Å². The molecule has 2 atom stereocenters. The van der Waals surface area contributed by atoms with Crippen LogP contribution >= 0.6 is 12.4 Å². The molecule has 1 amide bonds. The van der Waals surface area contributed by atoms with Gasteiger partial charge in [-0.2, -0.15) is 0 Å². The van der Waals surface area contributed by atoms with Crippen LogP contribution in [0.25, 0.3) is 11.0 Å². The van der Waals surface area contributed by atoms with Gasteiger partial charge >= 0.3 is 0 Å². The highest BCUT2D eigenvalue weighted by atomic mass is 35.5. The van der Waals surface area contributed by atoms with Gasteiger partial charge < -0.3 is 14.6 Å². The van der Waals surface area contributed by atoms with Gasteiger partial charge in [0.2, 0.25) is 11.9 Å². The minimum absolute atomic E-state index is 0. The second kappa shape index (κ2) is 9.72. The lowest BCUT2D eigenvalue weighted by atomic mass is 9.89. The first kappa shape index (κ1) is 21.1. The summed E-state index contributed by atoms with van der Waals surface area (Å²) in [6.45, 7) is 4.24. The number of halogens is 1. The lowest BCUT2D eigenvalue weighted by Crippen LogP contribution is -2.39. The Morgan fingerprint density at radius 3 is 2.79 bits per heavy atom. The van der Waals surface area contributed by atoms with Gasteiger partial charge in [0.25, 0.3) is 0 Å². The maximum Gasteiger partial charge on any atom is 0.226 e. The van der Waals surface area contributed by atoms with E-state index in [4.69, 9.17) is 4.74 Å². The number of ether oxygens (including phenoxy) is 1. The molecule has 7 heteroatoms. The molecule has 2 aliphatic rings. The van der Waals surface area contributed by atoms with E-state index in [9.17, 15) is 4.79 Å². The summed E-state index contributed by atoms with van der Waals surface area (Å²) in [6.07, 6.45) is 6.26. The van der Waals surface area contributed by atoms with Crippen LogP contribution in [0.4, 0.5) is 5.95 Å². The summed E-state index contributed by atoms with van der Waals surface area (Å²) in [5.74, 6) is 1.23. The summed E-state index contributed by atoms with van der Waals surface area (Å²) < 4.78 is 7.57. The number of carbonyl (C=O) groups excluding carboxylic acids is 1. The molecule has 1 aromatic heterocycles. The number of anilines is 1. The van der Waals surface area contributed by atoms with Crippen LogP contribution in [0, 0.1) is 5.92 Å². The summed E-state index contributed by atoms with van der Waals surface area (Å²) in [6, 6.07) is 9.28. The van der Waals surface area contributed by atoms with Crippen LogP contribution in [0.1, 0.15) is 45.4 Å². The largest absolute Gasteiger partial charge is 0.382 e. The number of hydrogen-bond donors (Lipinski definition) is 2. The standard InChI is InChI=1S/C21H30N4O2.ClH/c1-2-27-11-5-10-25-19-7-4-3-6-18(19)23-21(25)24-20(26)14-15-12-16-8-9-17(13-15)22-16;/h3-4,6-7,15-17,22H,2,5,8-14H2,1H3,(H,23,24,26);1H. The maximum absolute atomic E-state index is 12.7. The van der Waals surface area contributed by atoms with Gasteiger partial charge in [-0.25, -0.2) is 4.98 Å². The van der Waals surface area contributed by atoms with Gasteiger partial charge in [0, 0.05) is 38.3 Å². The van der Waals surface area contributed by atoms with Crippen molar-refractivity contribution >= 4 is 35.3 Å². The van der Waals surface area contributed by atoms with Crippen molar-refractivity contribution < 1.29 is 9.53 Å². The van der Waals surface area contributed by atoms with Crippen molar-refractivity contribution in [1.82, 2.24) is 14.9 Å². The first-order valence-corrected chi connectivity index (χ1v) is 10.3. The molecule has 4 rings (SSSR count). The van der Waals surface area contributed by atoms with Crippen molar-refractivity contribution in [3.63, 3.8) is 0 Å². The number of nitrogens with one attached hydrogen (secondary N) is 2. The van der Waals surface area contributed by atoms with Gasteiger partial charge in [-0.15, -0.1) is 12.4 Å². The number of fused-ring (bicyclic) bond motifs is 3. The van der Waals surface area contributed by atoms with Crippen LogP contribution in [0.5, 0.6) is 0 Å². The van der Waals surface area contributed by atoms with E-state index in [-0.39, 0.29) is 18.3 Å². The van der Waals surface area contributed by atoms with Gasteiger partial charge in [-0.05, 0) is 57.1 Å². The van der Waals surface area contributed by atoms with Crippen LogP contribution in [0.2, 0.25) is 0 Å². The number of rotatable bonds is 8. The van der Waals surface area contributed by atoms with Gasteiger partial charge in [-0.3, -0.25) is 10.1 Å². The first-order valence-electron chi connectivity index (χ1n) is 10.3. The van der Waals surface area contributed by atoms with E-state index in [1.165, 1.54) is 12.8 Å². The predicted molar refractivity (Wildman–Crippen MR) is 114 cm³/mol. The molecule has 2 fully saturated rings. The van der Waals surface area contributed by atoms with E-state index in [1.807, 2.05) is 25.1 Å².